The fraction of sp³-hybridized carbons (Fsp3) is 0.0270. The van der Waals surface area contributed by atoms with Crippen molar-refractivity contribution in [2.24, 2.45) is 0 Å². The molecule has 9 rings (SSSR count). The van der Waals surface area contributed by atoms with Crippen molar-refractivity contribution in [3.8, 4) is 0 Å². The number of para-hydroxylation sites is 1. The second-order valence-electron chi connectivity index (χ2n) is 10.7. The zero-order chi connectivity index (χ0) is 33.7. The number of esters is 2. The van der Waals surface area contributed by atoms with Crippen molar-refractivity contribution >= 4 is 99.8 Å². The van der Waals surface area contributed by atoms with Gasteiger partial charge in [0.25, 0.3) is 5.69 Å². The fourth-order valence-electron chi connectivity index (χ4n) is 5.78. The van der Waals surface area contributed by atoms with E-state index < -0.39 is 28.1 Å². The molecule has 0 radical (unpaired) electrons. The van der Waals surface area contributed by atoms with Gasteiger partial charge in [-0.05, 0) is 65.4 Å². The second-order valence-corrected chi connectivity index (χ2v) is 12.2. The number of fused-ring (bicyclic) bond motifs is 2. The minimum atomic E-state index is -0.779. The van der Waals surface area contributed by atoms with Crippen LogP contribution >= 0.6 is 24.0 Å². The second kappa shape index (κ2) is 12.8. The van der Waals surface area contributed by atoms with Gasteiger partial charge in [-0.25, -0.2) is 19.2 Å². The first-order chi connectivity index (χ1) is 23.1. The molecule has 12 heteroatoms. The molecule has 0 atom stereocenters. The van der Waals surface area contributed by atoms with Gasteiger partial charge in [0, 0.05) is 42.2 Å². The van der Waals surface area contributed by atoms with E-state index in [9.17, 15) is 29.3 Å². The molecule has 0 unspecified atom stereocenters. The highest BCUT2D eigenvalue weighted by atomic mass is 32.1. The molecule has 0 amide bonds. The summed E-state index contributed by atoms with van der Waals surface area (Å²) in [6.45, 7) is 0. The Labute approximate surface area is 285 Å². The summed E-state index contributed by atoms with van der Waals surface area (Å²) >= 11 is 5.74. The summed E-state index contributed by atoms with van der Waals surface area (Å²) in [5.41, 5.74) is 5.25. The molecule has 10 nitrogen and oxygen atoms in total. The maximum absolute atomic E-state index is 12.0. The van der Waals surface area contributed by atoms with Gasteiger partial charge in [0.05, 0.1) is 32.2 Å². The number of thiol groups is 1. The normalized spacial score (nSPS) is 11.9. The summed E-state index contributed by atoms with van der Waals surface area (Å²) in [7, 11) is 0. The number of nitrogens with zero attached hydrogens (tertiary/aromatic N) is 1. The van der Waals surface area contributed by atoms with E-state index in [-0.39, 0.29) is 35.0 Å². The Morgan fingerprint density at radius 2 is 1.22 bits per heavy atom. The van der Waals surface area contributed by atoms with Crippen molar-refractivity contribution in [3.63, 3.8) is 0 Å². The predicted octanol–water partition coefficient (Wildman–Crippen LogP) is 8.36. The first kappa shape index (κ1) is 32.8. The van der Waals surface area contributed by atoms with Gasteiger partial charge in [0.15, 0.2) is 0 Å². The molecule has 6 aromatic carbocycles. The maximum Gasteiger partial charge on any atom is 0.346 e. The third kappa shape index (κ3) is 5.62. The fourth-order valence-corrected chi connectivity index (χ4v) is 7.06. The lowest BCUT2D eigenvalue weighted by atomic mass is 9.96. The van der Waals surface area contributed by atoms with Crippen LogP contribution in [0, 0.1) is 10.1 Å². The zero-order valence-corrected chi connectivity index (χ0v) is 26.2. The minimum Gasteiger partial charge on any atom is -0.398 e. The minimum absolute atomic E-state index is 0. The largest absolute Gasteiger partial charge is 0.398 e. The Balaban J connectivity index is 0.000000139. The van der Waals surface area contributed by atoms with Crippen LogP contribution in [0.2, 0.25) is 0 Å². The van der Waals surface area contributed by atoms with Gasteiger partial charge in [0.1, 0.15) is 0 Å². The smallest absolute Gasteiger partial charge is 0.346 e. The molecule has 0 bridgehead atoms. The van der Waals surface area contributed by atoms with Gasteiger partial charge >= 0.3 is 23.2 Å². The Morgan fingerprint density at radius 1 is 0.612 bits per heavy atom. The average molecular weight is 689 g/mol. The van der Waals surface area contributed by atoms with Crippen LogP contribution in [-0.2, 0) is 4.74 Å². The van der Waals surface area contributed by atoms with E-state index in [1.54, 1.807) is 23.5 Å². The highest BCUT2D eigenvalue weighted by Crippen LogP contribution is 2.39. The molecular weight excluding hydrogens is 665 g/mol. The first-order valence-corrected chi connectivity index (χ1v) is 15.5. The number of nitro benzene ring substituents is 1. The summed E-state index contributed by atoms with van der Waals surface area (Å²) in [4.78, 5) is 58.3. The quantitative estimate of drug-likeness (QED) is 0.0252. The summed E-state index contributed by atoms with van der Waals surface area (Å²) in [5, 5.41) is 16.3. The van der Waals surface area contributed by atoms with E-state index in [0.717, 1.165) is 36.8 Å². The molecule has 0 saturated heterocycles. The standard InChI is InChI=1S/C18H8O3S.C12H5NO5.C6H7NS.CH4/c19-17-11-6-5-10-9-3-1-2-4-13(9)22-14-8-7-12(18(20)21-17)15(11)16(10)14;14-11-7-3-1-2-6-9(13(16)17)5-4-8(10(6)7)12(15)18-11;7-5-3-1-2-4-6(5)8;/h1-8H;1-5H;1-4,8H,7H2;1H4. The van der Waals surface area contributed by atoms with Crippen LogP contribution in [0.25, 0.3) is 52.5 Å². The number of cyclic esters (lactones) is 2. The number of hydrogen-bond acceptors (Lipinski definition) is 11. The Hall–Kier alpha value is -6.11. The molecule has 49 heavy (non-hydrogen) atoms. The monoisotopic (exact) mass is 688 g/mol. The molecule has 2 aromatic heterocycles. The van der Waals surface area contributed by atoms with Crippen molar-refractivity contribution in [1.82, 2.24) is 0 Å². The Bertz CT molecular complexity index is 2680. The van der Waals surface area contributed by atoms with Crippen LogP contribution in [0.4, 0.5) is 11.4 Å². The van der Waals surface area contributed by atoms with Crippen LogP contribution in [-0.4, -0.2) is 16.9 Å². The lowest BCUT2D eigenvalue weighted by Crippen LogP contribution is -2.19. The molecule has 1 aliphatic rings. The number of benzene rings is 6. The molecule has 3 heterocycles. The number of non-ortho nitro benzene ring substituents is 1. The molecule has 0 spiro atoms. The van der Waals surface area contributed by atoms with Gasteiger partial charge in [-0.2, -0.15) is 0 Å². The summed E-state index contributed by atoms with van der Waals surface area (Å²) < 4.78 is 11.6. The molecule has 8 aromatic rings. The van der Waals surface area contributed by atoms with E-state index in [4.69, 9.17) is 10.2 Å². The van der Waals surface area contributed by atoms with E-state index in [1.807, 2.05) is 48.5 Å². The zero-order valence-electron chi connectivity index (χ0n) is 24.5. The lowest BCUT2D eigenvalue weighted by Gasteiger charge is -2.14. The number of carbonyl (C=O) groups excluding carboxylic acids is 2. The van der Waals surface area contributed by atoms with Gasteiger partial charge in [0.2, 0.25) is 0 Å². The van der Waals surface area contributed by atoms with E-state index in [2.05, 4.69) is 29.5 Å². The SMILES string of the molecule is C.Nc1ccccc1S.O=C1OC(=O)c2ccc([N+](=O)[O-])c3cccc1c23.O=c1oc(=O)c2ccc3c4ccccc4sc4ccc1c2c43. The molecular formula is C37H24N2O8S2. The van der Waals surface area contributed by atoms with Gasteiger partial charge in [-0.3, -0.25) is 10.1 Å². The molecule has 0 saturated carbocycles. The highest BCUT2D eigenvalue weighted by molar-refractivity contribution is 7.80. The van der Waals surface area contributed by atoms with Gasteiger partial charge in [-0.15, -0.1) is 24.0 Å². The number of nitrogens with two attached hydrogens (primary N) is 1. The Morgan fingerprint density at radius 3 is 1.90 bits per heavy atom. The first-order valence-electron chi connectivity index (χ1n) is 14.3. The molecule has 0 fully saturated rings. The van der Waals surface area contributed by atoms with E-state index >= 15 is 0 Å². The molecule has 1 aliphatic heterocycles. The lowest BCUT2D eigenvalue weighted by molar-refractivity contribution is -0.383. The topological polar surface area (TPSA) is 160 Å². The van der Waals surface area contributed by atoms with Gasteiger partial charge < -0.3 is 14.9 Å². The van der Waals surface area contributed by atoms with Crippen molar-refractivity contribution in [2.45, 2.75) is 12.3 Å². The summed E-state index contributed by atoms with van der Waals surface area (Å²) in [6.07, 6.45) is 0. The number of nitrogen functional groups attached to an aromatic ring is 1. The summed E-state index contributed by atoms with van der Waals surface area (Å²) in [5.74, 6) is -1.56. The van der Waals surface area contributed by atoms with Crippen LogP contribution in [0.1, 0.15) is 28.1 Å². The third-order valence-corrected chi connectivity index (χ3v) is 9.46. The molecule has 0 aliphatic carbocycles. The van der Waals surface area contributed by atoms with Crippen molar-refractivity contribution < 1.29 is 23.7 Å². The van der Waals surface area contributed by atoms with Crippen LogP contribution in [0.5, 0.6) is 0 Å². The number of nitro groups is 1. The van der Waals surface area contributed by atoms with Crippen LogP contribution in [0.3, 0.4) is 0 Å². The van der Waals surface area contributed by atoms with E-state index in [0.29, 0.717) is 10.8 Å². The third-order valence-electron chi connectivity index (χ3n) is 7.92. The number of ether oxygens (including phenoxy) is 1. The maximum atomic E-state index is 12.0. The molecule has 242 valence electrons. The average Bonchev–Trinajstić information content (AvgIpc) is 3.08. The van der Waals surface area contributed by atoms with Crippen LogP contribution < -0.4 is 17.0 Å². The number of hydrogen-bond donors (Lipinski definition) is 2. The van der Waals surface area contributed by atoms with Gasteiger partial charge in [-0.1, -0.05) is 49.9 Å². The highest BCUT2D eigenvalue weighted by Gasteiger charge is 2.29. The molecule has 2 N–H and O–H groups in total. The van der Waals surface area contributed by atoms with Crippen molar-refractivity contribution in [1.29, 1.82) is 0 Å². The van der Waals surface area contributed by atoms with Crippen molar-refractivity contribution in [3.05, 3.63) is 145 Å². The number of rotatable bonds is 1. The van der Waals surface area contributed by atoms with Crippen molar-refractivity contribution in [2.75, 3.05) is 5.73 Å². The van der Waals surface area contributed by atoms with E-state index in [1.165, 1.54) is 35.0 Å². The number of anilines is 1. The number of carbonyl (C=O) groups is 2. The van der Waals surface area contributed by atoms with Crippen LogP contribution in [0.15, 0.2) is 122 Å². The predicted molar refractivity (Wildman–Crippen MR) is 196 cm³/mol. The summed E-state index contributed by atoms with van der Waals surface area (Å²) in [6, 6.07) is 30.1. The Kier molecular flexibility index (Phi) is 8.59.